The summed E-state index contributed by atoms with van der Waals surface area (Å²) in [7, 11) is 3.02. The van der Waals surface area contributed by atoms with Crippen LogP contribution >= 0.6 is 0 Å². The van der Waals surface area contributed by atoms with E-state index in [-0.39, 0.29) is 47.9 Å². The van der Waals surface area contributed by atoms with Crippen molar-refractivity contribution in [2.45, 2.75) is 13.2 Å². The average Bonchev–Trinajstić information content (AvgIpc) is 2.97. The Morgan fingerprint density at radius 2 is 1.31 bits per heavy atom. The summed E-state index contributed by atoms with van der Waals surface area (Å²) in [4.78, 5) is 13.8. The van der Waals surface area contributed by atoms with Gasteiger partial charge in [0.15, 0.2) is 24.9 Å². The summed E-state index contributed by atoms with van der Waals surface area (Å²) in [6.45, 7) is 0.520. The van der Waals surface area contributed by atoms with Crippen LogP contribution in [-0.2, 0) is 22.7 Å². The first-order valence-corrected chi connectivity index (χ1v) is 12.3. The van der Waals surface area contributed by atoms with Crippen LogP contribution in [0.25, 0.3) is 21.9 Å². The third kappa shape index (κ3) is 5.98. The first-order chi connectivity index (χ1) is 19.2. The van der Waals surface area contributed by atoms with E-state index < -0.39 is 0 Å². The Morgan fingerprint density at radius 3 is 1.97 bits per heavy atom. The first-order valence-electron chi connectivity index (χ1n) is 12.3. The van der Waals surface area contributed by atoms with E-state index in [1.54, 1.807) is 24.3 Å². The van der Waals surface area contributed by atoms with Crippen molar-refractivity contribution in [1.29, 1.82) is 0 Å². The molecule has 0 aliphatic heterocycles. The van der Waals surface area contributed by atoms with Crippen LogP contribution in [-0.4, -0.2) is 27.8 Å². The number of hydrogen-bond acceptors (Lipinski definition) is 8. The Morgan fingerprint density at radius 1 is 0.667 bits per heavy atom. The van der Waals surface area contributed by atoms with Crippen LogP contribution in [0, 0.1) is 0 Å². The van der Waals surface area contributed by atoms with E-state index in [1.807, 2.05) is 60.7 Å². The Labute approximate surface area is 225 Å². The van der Waals surface area contributed by atoms with E-state index in [9.17, 15) is 4.79 Å². The van der Waals surface area contributed by atoms with Gasteiger partial charge in [-0.1, -0.05) is 60.7 Å². The summed E-state index contributed by atoms with van der Waals surface area (Å²) < 4.78 is 40.2. The summed E-state index contributed by atoms with van der Waals surface area (Å²) in [5.74, 6) is 1.45. The molecule has 5 rings (SSSR count). The van der Waals surface area contributed by atoms with Gasteiger partial charge in [-0.25, -0.2) is 0 Å². The highest BCUT2D eigenvalue weighted by Crippen LogP contribution is 2.39. The van der Waals surface area contributed by atoms with Crippen molar-refractivity contribution in [2.75, 3.05) is 27.8 Å². The maximum atomic E-state index is 13.8. The highest BCUT2D eigenvalue weighted by atomic mass is 16.7. The quantitative estimate of drug-likeness (QED) is 0.143. The predicted molar refractivity (Wildman–Crippen MR) is 147 cm³/mol. The third-order valence-corrected chi connectivity index (χ3v) is 5.94. The Bertz CT molecular complexity index is 1600. The molecule has 0 aliphatic carbocycles. The van der Waals surface area contributed by atoms with Crippen LogP contribution in [0.5, 0.6) is 23.0 Å². The van der Waals surface area contributed by atoms with Gasteiger partial charge in [0.2, 0.25) is 11.2 Å². The van der Waals surface area contributed by atoms with Crippen molar-refractivity contribution in [2.24, 2.45) is 0 Å². The molecule has 1 heterocycles. The van der Waals surface area contributed by atoms with Gasteiger partial charge in [0.05, 0.1) is 5.39 Å². The van der Waals surface area contributed by atoms with E-state index >= 15 is 0 Å². The highest BCUT2D eigenvalue weighted by molar-refractivity contribution is 5.96. The topological polar surface area (TPSA) is 85.6 Å². The summed E-state index contributed by atoms with van der Waals surface area (Å²) in [5.41, 5.74) is 2.19. The maximum Gasteiger partial charge on any atom is 0.205 e. The minimum atomic E-state index is -0.283. The molecule has 0 fully saturated rings. The Hall–Kier alpha value is -4.53. The largest absolute Gasteiger partial charge is 0.485 e. The summed E-state index contributed by atoms with van der Waals surface area (Å²) in [5, 5.41) is 0.585. The number of ether oxygens (including phenoxy) is 6. The molecule has 0 spiro atoms. The standard InChI is InChI=1S/C31H28O8/c1-33-19-37-23-15-26(38-20-34-2)28-27(16-23)39-30-24(29(28)32)13-14-25(35-17-21-9-5-3-6-10-21)31(30)36-18-22-11-7-4-8-12-22/h3-16H,17-20H2,1-2H3. The average molecular weight is 529 g/mol. The van der Waals surface area contributed by atoms with Gasteiger partial charge in [-0.15, -0.1) is 0 Å². The second-order valence-electron chi connectivity index (χ2n) is 8.65. The fraction of sp³-hybridized carbons (Fsp3) is 0.194. The Balaban J connectivity index is 1.64. The zero-order valence-corrected chi connectivity index (χ0v) is 21.7. The van der Waals surface area contributed by atoms with Crippen molar-refractivity contribution >= 4 is 21.9 Å². The molecule has 200 valence electrons. The third-order valence-electron chi connectivity index (χ3n) is 5.94. The number of benzene rings is 4. The van der Waals surface area contributed by atoms with Gasteiger partial charge in [0, 0.05) is 26.4 Å². The van der Waals surface area contributed by atoms with E-state index in [0.29, 0.717) is 29.2 Å². The zero-order valence-electron chi connectivity index (χ0n) is 21.7. The molecule has 0 bridgehead atoms. The van der Waals surface area contributed by atoms with Crippen molar-refractivity contribution < 1.29 is 32.8 Å². The van der Waals surface area contributed by atoms with Gasteiger partial charge in [0.25, 0.3) is 0 Å². The summed E-state index contributed by atoms with van der Waals surface area (Å²) >= 11 is 0. The van der Waals surface area contributed by atoms with E-state index in [4.69, 9.17) is 32.8 Å². The van der Waals surface area contributed by atoms with Crippen LogP contribution in [0.3, 0.4) is 0 Å². The molecule has 0 aliphatic rings. The minimum absolute atomic E-state index is 0.00987. The molecular weight excluding hydrogens is 500 g/mol. The molecule has 0 N–H and O–H groups in total. The van der Waals surface area contributed by atoms with Gasteiger partial charge >= 0.3 is 0 Å². The minimum Gasteiger partial charge on any atom is -0.485 e. The van der Waals surface area contributed by atoms with Gasteiger partial charge < -0.3 is 32.8 Å². The van der Waals surface area contributed by atoms with Gasteiger partial charge in [-0.3, -0.25) is 4.79 Å². The van der Waals surface area contributed by atoms with Gasteiger partial charge in [-0.2, -0.15) is 0 Å². The smallest absolute Gasteiger partial charge is 0.205 e. The van der Waals surface area contributed by atoms with Crippen molar-refractivity contribution in [3.05, 3.63) is 106 Å². The van der Waals surface area contributed by atoms with E-state index in [1.165, 1.54) is 14.2 Å². The lowest BCUT2D eigenvalue weighted by Crippen LogP contribution is -2.09. The second kappa shape index (κ2) is 12.3. The molecule has 0 saturated carbocycles. The first kappa shape index (κ1) is 26.1. The van der Waals surface area contributed by atoms with Crippen LogP contribution in [0.15, 0.2) is 94.1 Å². The number of rotatable bonds is 12. The molecule has 0 saturated heterocycles. The van der Waals surface area contributed by atoms with Gasteiger partial charge in [-0.05, 0) is 23.3 Å². The lowest BCUT2D eigenvalue weighted by molar-refractivity contribution is 0.0467. The molecule has 4 aromatic carbocycles. The predicted octanol–water partition coefficient (Wildman–Crippen LogP) is 6.07. The van der Waals surface area contributed by atoms with Crippen molar-refractivity contribution in [1.82, 2.24) is 0 Å². The van der Waals surface area contributed by atoms with Crippen LogP contribution < -0.4 is 24.4 Å². The van der Waals surface area contributed by atoms with E-state index in [0.717, 1.165) is 11.1 Å². The molecule has 0 amide bonds. The van der Waals surface area contributed by atoms with E-state index in [2.05, 4.69) is 0 Å². The second-order valence-corrected chi connectivity index (χ2v) is 8.65. The molecular formula is C31H28O8. The molecule has 5 aromatic rings. The van der Waals surface area contributed by atoms with Crippen LogP contribution in [0.4, 0.5) is 0 Å². The number of methoxy groups -OCH3 is 2. The molecule has 1 aromatic heterocycles. The number of hydrogen-bond donors (Lipinski definition) is 0. The summed E-state index contributed by atoms with van der Waals surface area (Å²) in [6, 6.07) is 26.1. The fourth-order valence-corrected chi connectivity index (χ4v) is 4.10. The van der Waals surface area contributed by atoms with Crippen molar-refractivity contribution in [3.63, 3.8) is 0 Å². The Kier molecular flexibility index (Phi) is 8.26. The van der Waals surface area contributed by atoms with Gasteiger partial charge in [0.1, 0.15) is 35.7 Å². The van der Waals surface area contributed by atoms with Crippen LogP contribution in [0.2, 0.25) is 0 Å². The molecule has 8 heteroatoms. The lowest BCUT2D eigenvalue weighted by Gasteiger charge is -2.16. The molecule has 0 radical (unpaired) electrons. The summed E-state index contributed by atoms with van der Waals surface area (Å²) in [6.07, 6.45) is 0. The van der Waals surface area contributed by atoms with Crippen LogP contribution in [0.1, 0.15) is 11.1 Å². The number of fused-ring (bicyclic) bond motifs is 2. The molecule has 39 heavy (non-hydrogen) atoms. The normalized spacial score (nSPS) is 11.0. The SMILES string of the molecule is COCOc1cc(OCOC)c2c(=O)c3ccc(OCc4ccccc4)c(OCc4ccccc4)c3oc2c1. The molecule has 8 nitrogen and oxygen atoms in total. The molecule has 0 atom stereocenters. The monoisotopic (exact) mass is 528 g/mol. The molecule has 0 unspecified atom stereocenters. The van der Waals surface area contributed by atoms with Crippen molar-refractivity contribution in [3.8, 4) is 23.0 Å². The lowest BCUT2D eigenvalue weighted by atomic mass is 10.1. The zero-order chi connectivity index (χ0) is 27.0. The highest BCUT2D eigenvalue weighted by Gasteiger charge is 2.21. The fourth-order valence-electron chi connectivity index (χ4n) is 4.10. The maximum absolute atomic E-state index is 13.8.